The Labute approximate surface area is 126 Å². The summed E-state index contributed by atoms with van der Waals surface area (Å²) in [6, 6.07) is 7.73. The number of aryl methyl sites for hydroxylation is 2. The first-order valence-corrected chi connectivity index (χ1v) is 7.01. The Balaban J connectivity index is 1.56. The van der Waals surface area contributed by atoms with Crippen molar-refractivity contribution in [3.63, 3.8) is 0 Å². The van der Waals surface area contributed by atoms with Crippen LogP contribution in [0.25, 0.3) is 11.3 Å². The fraction of sp³-hybridized carbons (Fsp3) is 0.133. The second kappa shape index (κ2) is 4.73. The monoisotopic (exact) mass is 293 g/mol. The molecule has 0 radical (unpaired) electrons. The van der Waals surface area contributed by atoms with Gasteiger partial charge in [0.25, 0.3) is 0 Å². The van der Waals surface area contributed by atoms with E-state index < -0.39 is 0 Å². The van der Waals surface area contributed by atoms with Crippen molar-refractivity contribution in [1.82, 2.24) is 24.0 Å². The summed E-state index contributed by atoms with van der Waals surface area (Å²) in [7, 11) is 0. The van der Waals surface area contributed by atoms with Crippen molar-refractivity contribution in [2.75, 3.05) is 11.5 Å². The Morgan fingerprint density at radius 2 is 1.82 bits per heavy atom. The lowest BCUT2D eigenvalue weighted by Crippen LogP contribution is -1.95. The van der Waals surface area contributed by atoms with Gasteiger partial charge >= 0.3 is 0 Å². The molecule has 0 unspecified atom stereocenters. The highest BCUT2D eigenvalue weighted by Crippen LogP contribution is 2.13. The van der Waals surface area contributed by atoms with E-state index in [1.54, 1.807) is 16.8 Å². The number of imidazole rings is 2. The highest BCUT2D eigenvalue weighted by Gasteiger charge is 2.05. The van der Waals surface area contributed by atoms with Crippen molar-refractivity contribution < 1.29 is 0 Å². The van der Waals surface area contributed by atoms with E-state index in [1.807, 2.05) is 28.9 Å². The molecule has 4 heterocycles. The van der Waals surface area contributed by atoms with Crippen LogP contribution in [0.5, 0.6) is 0 Å². The molecule has 0 aliphatic carbocycles. The summed E-state index contributed by atoms with van der Waals surface area (Å²) in [6.45, 7) is 0. The van der Waals surface area contributed by atoms with E-state index in [-0.39, 0.29) is 0 Å². The van der Waals surface area contributed by atoms with Crippen LogP contribution in [0.3, 0.4) is 0 Å². The molecular weight excluding hydrogens is 278 g/mol. The van der Waals surface area contributed by atoms with Crippen molar-refractivity contribution in [3.8, 4) is 0 Å². The van der Waals surface area contributed by atoms with Gasteiger partial charge in [0.05, 0.1) is 18.1 Å². The highest BCUT2D eigenvalue weighted by atomic mass is 15.3. The molecule has 22 heavy (non-hydrogen) atoms. The maximum absolute atomic E-state index is 5.70. The summed E-state index contributed by atoms with van der Waals surface area (Å²) in [6.07, 6.45) is 7.40. The maximum Gasteiger partial charge on any atom is 0.153 e. The first kappa shape index (κ1) is 12.6. The number of anilines is 2. The molecule has 0 saturated heterocycles. The fourth-order valence-corrected chi connectivity index (χ4v) is 2.54. The molecule has 4 rings (SSSR count). The Morgan fingerprint density at radius 1 is 0.909 bits per heavy atom. The van der Waals surface area contributed by atoms with E-state index in [9.17, 15) is 0 Å². The van der Waals surface area contributed by atoms with Crippen LogP contribution < -0.4 is 11.5 Å². The Morgan fingerprint density at radius 3 is 2.73 bits per heavy atom. The number of nitrogens with two attached hydrogens (primary N) is 2. The molecule has 4 aromatic heterocycles. The molecule has 0 spiro atoms. The normalized spacial score (nSPS) is 11.5. The molecule has 0 bridgehead atoms. The number of hydrogen-bond donors (Lipinski definition) is 2. The highest BCUT2D eigenvalue weighted by molar-refractivity contribution is 5.48. The number of fused-ring (bicyclic) bond motifs is 2. The lowest BCUT2D eigenvalue weighted by Gasteiger charge is -2.00. The summed E-state index contributed by atoms with van der Waals surface area (Å²) in [5, 5.41) is 4.20. The zero-order valence-corrected chi connectivity index (χ0v) is 11.8. The van der Waals surface area contributed by atoms with Crippen LogP contribution in [0.15, 0.2) is 42.9 Å². The van der Waals surface area contributed by atoms with Crippen LogP contribution >= 0.6 is 0 Å². The fourth-order valence-electron chi connectivity index (χ4n) is 2.54. The summed E-state index contributed by atoms with van der Waals surface area (Å²) >= 11 is 0. The predicted molar refractivity (Wildman–Crippen MR) is 84.4 cm³/mol. The van der Waals surface area contributed by atoms with Crippen molar-refractivity contribution in [2.24, 2.45) is 0 Å². The molecule has 4 N–H and O–H groups in total. The Bertz CT molecular complexity index is 965. The minimum absolute atomic E-state index is 0.485. The average molecular weight is 293 g/mol. The first-order chi connectivity index (χ1) is 10.7. The van der Waals surface area contributed by atoms with E-state index >= 15 is 0 Å². The predicted octanol–water partition coefficient (Wildman–Crippen LogP) is 1.33. The molecule has 0 amide bonds. The molecule has 0 aliphatic heterocycles. The second-order valence-electron chi connectivity index (χ2n) is 5.26. The van der Waals surface area contributed by atoms with E-state index in [0.717, 1.165) is 29.8 Å². The van der Waals surface area contributed by atoms with Gasteiger partial charge in [0.1, 0.15) is 17.3 Å². The quantitative estimate of drug-likeness (QED) is 0.593. The van der Waals surface area contributed by atoms with Crippen LogP contribution in [0, 0.1) is 0 Å². The van der Waals surface area contributed by atoms with Crippen molar-refractivity contribution in [2.45, 2.75) is 12.8 Å². The zero-order valence-electron chi connectivity index (χ0n) is 11.8. The average Bonchev–Trinajstić information content (AvgIpc) is 3.05. The van der Waals surface area contributed by atoms with Gasteiger partial charge in [-0.3, -0.25) is 0 Å². The van der Waals surface area contributed by atoms with Gasteiger partial charge in [0.2, 0.25) is 0 Å². The molecule has 0 atom stereocenters. The number of pyridine rings is 1. The number of nitrogen functional groups attached to an aromatic ring is 2. The van der Waals surface area contributed by atoms with Gasteiger partial charge in [-0.1, -0.05) is 0 Å². The van der Waals surface area contributed by atoms with Crippen LogP contribution in [-0.4, -0.2) is 24.0 Å². The summed E-state index contributed by atoms with van der Waals surface area (Å²) in [5.41, 5.74) is 15.2. The van der Waals surface area contributed by atoms with Crippen molar-refractivity contribution >= 4 is 22.9 Å². The molecule has 110 valence electrons. The number of aromatic nitrogens is 5. The number of rotatable bonds is 3. The third kappa shape index (κ3) is 2.22. The first-order valence-electron chi connectivity index (χ1n) is 7.01. The van der Waals surface area contributed by atoms with Crippen molar-refractivity contribution in [3.05, 3.63) is 54.1 Å². The van der Waals surface area contributed by atoms with Gasteiger partial charge in [-0.2, -0.15) is 0 Å². The van der Waals surface area contributed by atoms with Gasteiger partial charge in [-0.15, -0.1) is 5.10 Å². The molecule has 7 heteroatoms. The topological polar surface area (TPSA) is 99.5 Å². The number of hydrogen-bond acceptors (Lipinski definition) is 5. The molecule has 0 aromatic carbocycles. The van der Waals surface area contributed by atoms with Crippen LogP contribution in [0.4, 0.5) is 11.6 Å². The zero-order chi connectivity index (χ0) is 15.1. The third-order valence-corrected chi connectivity index (χ3v) is 3.60. The smallest absolute Gasteiger partial charge is 0.153 e. The molecule has 4 aromatic rings. The molecule has 0 saturated carbocycles. The van der Waals surface area contributed by atoms with Crippen LogP contribution in [0.2, 0.25) is 0 Å². The van der Waals surface area contributed by atoms with Crippen LogP contribution in [-0.2, 0) is 12.8 Å². The summed E-state index contributed by atoms with van der Waals surface area (Å²) in [4.78, 5) is 8.81. The SMILES string of the molecule is Nc1cn2ccc(CCc3cn4nc(N)ccc4n3)cc2n1. The largest absolute Gasteiger partial charge is 0.382 e. The van der Waals surface area contributed by atoms with Crippen LogP contribution in [0.1, 0.15) is 11.3 Å². The minimum atomic E-state index is 0.485. The van der Waals surface area contributed by atoms with Gasteiger partial charge in [-0.05, 0) is 42.7 Å². The Kier molecular flexibility index (Phi) is 2.72. The Hall–Kier alpha value is -3.09. The molecule has 0 aliphatic rings. The van der Waals surface area contributed by atoms with Gasteiger partial charge < -0.3 is 15.9 Å². The lowest BCUT2D eigenvalue weighted by atomic mass is 10.1. The van der Waals surface area contributed by atoms with E-state index in [4.69, 9.17) is 11.5 Å². The second-order valence-corrected chi connectivity index (χ2v) is 5.26. The minimum Gasteiger partial charge on any atom is -0.382 e. The molecular formula is C15H15N7. The molecule has 7 nitrogen and oxygen atoms in total. The lowest BCUT2D eigenvalue weighted by molar-refractivity contribution is 0.909. The van der Waals surface area contributed by atoms with Gasteiger partial charge in [0.15, 0.2) is 5.65 Å². The van der Waals surface area contributed by atoms with Gasteiger partial charge in [0, 0.05) is 6.20 Å². The maximum atomic E-state index is 5.70. The summed E-state index contributed by atoms with van der Waals surface area (Å²) in [5.74, 6) is 1.01. The summed E-state index contributed by atoms with van der Waals surface area (Å²) < 4.78 is 3.62. The third-order valence-electron chi connectivity index (χ3n) is 3.60. The van der Waals surface area contributed by atoms with Crippen molar-refractivity contribution in [1.29, 1.82) is 0 Å². The molecule has 0 fully saturated rings. The van der Waals surface area contributed by atoms with E-state index in [1.165, 1.54) is 5.56 Å². The number of nitrogens with zero attached hydrogens (tertiary/aromatic N) is 5. The van der Waals surface area contributed by atoms with Gasteiger partial charge in [-0.25, -0.2) is 14.5 Å². The van der Waals surface area contributed by atoms with E-state index in [2.05, 4.69) is 21.1 Å². The standard InChI is InChI=1S/C15H15N7/c16-12-3-4-14-18-11(8-22(14)20-12)2-1-10-5-6-21-9-13(17)19-15(21)7-10/h3-9H,1-2,17H2,(H2,16,20). The van der Waals surface area contributed by atoms with E-state index in [0.29, 0.717) is 11.6 Å².